The highest BCUT2D eigenvalue weighted by molar-refractivity contribution is 9.10. The predicted molar refractivity (Wildman–Crippen MR) is 75.9 cm³/mol. The van der Waals surface area contributed by atoms with E-state index < -0.39 is 22.8 Å². The van der Waals surface area contributed by atoms with Gasteiger partial charge in [-0.25, -0.2) is 4.79 Å². The van der Waals surface area contributed by atoms with Crippen molar-refractivity contribution in [1.29, 1.82) is 0 Å². The van der Waals surface area contributed by atoms with Crippen LogP contribution in [0, 0.1) is 10.1 Å². The second-order valence-corrected chi connectivity index (χ2v) is 4.79. The molecule has 1 rings (SSSR count). The van der Waals surface area contributed by atoms with Gasteiger partial charge in [-0.05, 0) is 22.0 Å². The number of carbonyl (C=O) groups is 2. The number of nitro groups is 1. The van der Waals surface area contributed by atoms with E-state index in [0.29, 0.717) is 4.47 Å². The van der Waals surface area contributed by atoms with E-state index in [4.69, 9.17) is 4.74 Å². The van der Waals surface area contributed by atoms with Crippen molar-refractivity contribution < 1.29 is 24.0 Å². The number of rotatable bonds is 6. The average Bonchev–Trinajstić information content (AvgIpc) is 2.42. The van der Waals surface area contributed by atoms with E-state index in [-0.39, 0.29) is 18.0 Å². The fourth-order valence-electron chi connectivity index (χ4n) is 1.51. The van der Waals surface area contributed by atoms with Crippen molar-refractivity contribution in [2.75, 3.05) is 13.7 Å². The highest BCUT2D eigenvalue weighted by atomic mass is 79.9. The number of nitrogens with zero attached hydrogens (tertiary/aromatic N) is 1. The maximum absolute atomic E-state index is 11.5. The molecule has 0 bridgehead atoms. The van der Waals surface area contributed by atoms with Gasteiger partial charge in [-0.1, -0.05) is 6.07 Å². The van der Waals surface area contributed by atoms with Crippen LogP contribution >= 0.6 is 15.9 Å². The lowest BCUT2D eigenvalue weighted by molar-refractivity contribution is -0.386. The lowest BCUT2D eigenvalue weighted by Gasteiger charge is -2.16. The van der Waals surface area contributed by atoms with Gasteiger partial charge in [0.25, 0.3) is 0 Å². The van der Waals surface area contributed by atoms with Crippen molar-refractivity contribution in [3.63, 3.8) is 0 Å². The number of carbonyl (C=O) groups excluding carboxylic acids is 2. The molecular weight excluding hydrogens is 348 g/mol. The summed E-state index contributed by atoms with van der Waals surface area (Å²) in [4.78, 5) is 32.9. The highest BCUT2D eigenvalue weighted by Gasteiger charge is 2.24. The molecule has 1 N–H and O–H groups in total. The van der Waals surface area contributed by atoms with Crippen molar-refractivity contribution in [1.82, 2.24) is 5.32 Å². The van der Waals surface area contributed by atoms with Gasteiger partial charge in [0.05, 0.1) is 16.5 Å². The van der Waals surface area contributed by atoms with Crippen LogP contribution in [0.5, 0.6) is 5.75 Å². The molecule has 1 amide bonds. The summed E-state index contributed by atoms with van der Waals surface area (Å²) in [5, 5.41) is 13.3. The number of nitro benzene ring substituents is 1. The van der Waals surface area contributed by atoms with Gasteiger partial charge in [-0.3, -0.25) is 14.9 Å². The molecule has 21 heavy (non-hydrogen) atoms. The molecule has 1 atom stereocenters. The Morgan fingerprint density at radius 1 is 1.48 bits per heavy atom. The molecular formula is C12H13BrN2O6. The van der Waals surface area contributed by atoms with Gasteiger partial charge in [0.2, 0.25) is 11.7 Å². The molecule has 1 aromatic carbocycles. The number of nitrogens with one attached hydrogen (secondary N) is 1. The first-order chi connectivity index (χ1) is 9.86. The van der Waals surface area contributed by atoms with E-state index in [1.165, 1.54) is 19.1 Å². The van der Waals surface area contributed by atoms with Gasteiger partial charge < -0.3 is 14.8 Å². The van der Waals surface area contributed by atoms with Crippen molar-refractivity contribution in [2.24, 2.45) is 0 Å². The minimum Gasteiger partial charge on any atom is -0.483 e. The zero-order valence-electron chi connectivity index (χ0n) is 11.3. The SMILES string of the molecule is COC(=O)C(COc1c(Br)cccc1[N+](=O)[O-])NC(C)=O. The molecule has 1 aromatic rings. The molecule has 0 spiro atoms. The summed E-state index contributed by atoms with van der Waals surface area (Å²) in [6.45, 7) is 0.937. The standard InChI is InChI=1S/C12H13BrN2O6/c1-7(16)14-9(12(17)20-2)6-21-11-8(13)4-3-5-10(11)15(18)19/h3-5,9H,6H2,1-2H3,(H,14,16). The number of benzene rings is 1. The Balaban J connectivity index is 2.92. The average molecular weight is 361 g/mol. The molecule has 0 fully saturated rings. The van der Waals surface area contributed by atoms with Crippen LogP contribution in [-0.4, -0.2) is 36.6 Å². The number of halogens is 1. The highest BCUT2D eigenvalue weighted by Crippen LogP contribution is 2.34. The fraction of sp³-hybridized carbons (Fsp3) is 0.333. The van der Waals surface area contributed by atoms with Crippen LogP contribution < -0.4 is 10.1 Å². The molecule has 0 saturated heterocycles. The smallest absolute Gasteiger partial charge is 0.331 e. The topological polar surface area (TPSA) is 108 Å². The number of amides is 1. The van der Waals surface area contributed by atoms with E-state index in [2.05, 4.69) is 26.0 Å². The van der Waals surface area contributed by atoms with Gasteiger partial charge in [0.15, 0.2) is 6.04 Å². The number of methoxy groups -OCH3 is 1. The van der Waals surface area contributed by atoms with Crippen molar-refractivity contribution in [3.8, 4) is 5.75 Å². The third kappa shape index (κ3) is 4.71. The number of hydrogen-bond donors (Lipinski definition) is 1. The lowest BCUT2D eigenvalue weighted by Crippen LogP contribution is -2.44. The number of ether oxygens (including phenoxy) is 2. The van der Waals surface area contributed by atoms with Gasteiger partial charge in [-0.2, -0.15) is 0 Å². The summed E-state index contributed by atoms with van der Waals surface area (Å²) in [6, 6.07) is 3.26. The largest absolute Gasteiger partial charge is 0.483 e. The predicted octanol–water partition coefficient (Wildman–Crippen LogP) is 1.41. The van der Waals surface area contributed by atoms with Crippen molar-refractivity contribution in [3.05, 3.63) is 32.8 Å². The molecule has 0 radical (unpaired) electrons. The second kappa shape index (κ2) is 7.58. The Morgan fingerprint density at radius 3 is 2.67 bits per heavy atom. The van der Waals surface area contributed by atoms with E-state index >= 15 is 0 Å². The van der Waals surface area contributed by atoms with E-state index in [0.717, 1.165) is 7.11 Å². The second-order valence-electron chi connectivity index (χ2n) is 3.93. The molecule has 8 nitrogen and oxygen atoms in total. The van der Waals surface area contributed by atoms with Crippen LogP contribution in [0.1, 0.15) is 6.92 Å². The maximum Gasteiger partial charge on any atom is 0.331 e. The number of hydrogen-bond acceptors (Lipinski definition) is 6. The minimum atomic E-state index is -1.06. The van der Waals surface area contributed by atoms with Crippen LogP contribution in [0.25, 0.3) is 0 Å². The van der Waals surface area contributed by atoms with E-state index in [1.54, 1.807) is 6.07 Å². The Morgan fingerprint density at radius 2 is 2.14 bits per heavy atom. The van der Waals surface area contributed by atoms with Gasteiger partial charge in [0, 0.05) is 13.0 Å². The molecule has 0 heterocycles. The zero-order valence-corrected chi connectivity index (χ0v) is 12.9. The van der Waals surface area contributed by atoms with E-state index in [9.17, 15) is 19.7 Å². The summed E-state index contributed by atoms with van der Waals surface area (Å²) in [7, 11) is 1.16. The Kier molecular flexibility index (Phi) is 6.10. The molecule has 0 aromatic heterocycles. The van der Waals surface area contributed by atoms with Crippen LogP contribution in [0.4, 0.5) is 5.69 Å². The molecule has 0 aliphatic rings. The van der Waals surface area contributed by atoms with Crippen molar-refractivity contribution >= 4 is 33.5 Å². The van der Waals surface area contributed by atoms with Crippen LogP contribution in [0.15, 0.2) is 22.7 Å². The third-order valence-electron chi connectivity index (χ3n) is 2.40. The Labute approximate surface area is 128 Å². The molecule has 114 valence electrons. The third-order valence-corrected chi connectivity index (χ3v) is 3.02. The van der Waals surface area contributed by atoms with Crippen LogP contribution in [-0.2, 0) is 14.3 Å². The van der Waals surface area contributed by atoms with Gasteiger partial charge in [-0.15, -0.1) is 0 Å². The summed E-state index contributed by atoms with van der Waals surface area (Å²) >= 11 is 3.14. The van der Waals surface area contributed by atoms with Crippen LogP contribution in [0.2, 0.25) is 0 Å². The zero-order chi connectivity index (χ0) is 16.0. The first kappa shape index (κ1) is 16.9. The van der Waals surface area contributed by atoms with Crippen molar-refractivity contribution in [2.45, 2.75) is 13.0 Å². The van der Waals surface area contributed by atoms with Gasteiger partial charge in [0.1, 0.15) is 6.61 Å². The molecule has 0 saturated carbocycles. The quantitative estimate of drug-likeness (QED) is 0.466. The minimum absolute atomic E-state index is 0.0262. The molecule has 0 aliphatic carbocycles. The lowest BCUT2D eigenvalue weighted by atomic mass is 10.3. The first-order valence-corrected chi connectivity index (χ1v) is 6.56. The molecule has 0 aliphatic heterocycles. The monoisotopic (exact) mass is 360 g/mol. The Bertz CT molecular complexity index is 563. The maximum atomic E-state index is 11.5. The Hall–Kier alpha value is -2.16. The summed E-state index contributed by atoms with van der Waals surface area (Å²) in [6.07, 6.45) is 0. The summed E-state index contributed by atoms with van der Waals surface area (Å²) in [5.41, 5.74) is -0.254. The van der Waals surface area contributed by atoms with Crippen LogP contribution in [0.3, 0.4) is 0 Å². The number of para-hydroxylation sites is 1. The normalized spacial score (nSPS) is 11.4. The summed E-state index contributed by atoms with van der Waals surface area (Å²) in [5.74, 6) is -1.18. The molecule has 1 unspecified atom stereocenters. The van der Waals surface area contributed by atoms with Gasteiger partial charge >= 0.3 is 11.7 Å². The molecule has 9 heteroatoms. The summed E-state index contributed by atoms with van der Waals surface area (Å²) < 4.78 is 10.2. The van der Waals surface area contributed by atoms with E-state index in [1.807, 2.05) is 0 Å². The fourth-order valence-corrected chi connectivity index (χ4v) is 1.98. The first-order valence-electron chi connectivity index (χ1n) is 5.77. The number of esters is 1.